The van der Waals surface area contributed by atoms with E-state index in [9.17, 15) is 0 Å². The van der Waals surface area contributed by atoms with E-state index in [0.29, 0.717) is 0 Å². The summed E-state index contributed by atoms with van der Waals surface area (Å²) in [5.41, 5.74) is 7.69. The average molecular weight is 548 g/mol. The lowest BCUT2D eigenvalue weighted by molar-refractivity contribution is -0.769. The highest BCUT2D eigenvalue weighted by Crippen LogP contribution is 2.52. The van der Waals surface area contributed by atoms with E-state index in [0.717, 1.165) is 19.3 Å². The van der Waals surface area contributed by atoms with E-state index in [1.807, 2.05) is 0 Å². The lowest BCUT2D eigenvalue weighted by Gasteiger charge is -2.48. The Labute approximate surface area is 249 Å². The first kappa shape index (κ1) is 26.5. The number of pyridine rings is 1. The van der Waals surface area contributed by atoms with Gasteiger partial charge in [0, 0.05) is 41.4 Å². The van der Waals surface area contributed by atoms with Crippen LogP contribution in [0.2, 0.25) is 0 Å². The van der Waals surface area contributed by atoms with Gasteiger partial charge in [-0.2, -0.15) is 4.57 Å². The largest absolute Gasteiger partial charge is 0.309 e. The minimum atomic E-state index is 0.00704. The van der Waals surface area contributed by atoms with Gasteiger partial charge in [0.1, 0.15) is 0 Å². The normalized spacial score (nSPS) is 17.1. The first-order chi connectivity index (χ1) is 20.6. The molecule has 2 heterocycles. The Bertz CT molecular complexity index is 1840. The third-order valence-corrected chi connectivity index (χ3v) is 10.4. The molecule has 0 amide bonds. The van der Waals surface area contributed by atoms with Crippen molar-refractivity contribution in [2.24, 2.45) is 0 Å². The number of anilines is 3. The van der Waals surface area contributed by atoms with Crippen LogP contribution in [-0.4, -0.2) is 0 Å². The Balaban J connectivity index is 1.55. The second-order valence-corrected chi connectivity index (χ2v) is 11.9. The van der Waals surface area contributed by atoms with E-state index < -0.39 is 0 Å². The minimum Gasteiger partial charge on any atom is -0.309 e. The Hall–Kier alpha value is -4.43. The molecule has 1 aromatic heterocycles. The molecule has 0 bridgehead atoms. The lowest BCUT2D eigenvalue weighted by Crippen LogP contribution is -2.68. The third kappa shape index (κ3) is 3.67. The van der Waals surface area contributed by atoms with Crippen molar-refractivity contribution < 1.29 is 4.57 Å². The molecule has 7 rings (SSSR count). The summed E-state index contributed by atoms with van der Waals surface area (Å²) in [7, 11) is 0. The zero-order valence-electron chi connectivity index (χ0n) is 25.1. The molecule has 1 atom stereocenters. The SMILES string of the molecule is CCC1(C)c2ccc(N(c3cccc4ccccc34)c3cccc4ccccc34)cc2-c2cccc[n+]2C1(CC)CC. The second-order valence-electron chi connectivity index (χ2n) is 11.9. The van der Waals surface area contributed by atoms with Gasteiger partial charge in [-0.05, 0) is 60.0 Å². The Morgan fingerprint density at radius 1 is 0.595 bits per heavy atom. The fraction of sp³-hybridized carbons (Fsp3) is 0.225. The van der Waals surface area contributed by atoms with Crippen LogP contribution in [0.4, 0.5) is 17.1 Å². The van der Waals surface area contributed by atoms with Crippen LogP contribution in [0.3, 0.4) is 0 Å². The Morgan fingerprint density at radius 2 is 1.17 bits per heavy atom. The maximum Gasteiger partial charge on any atom is 0.213 e. The predicted molar refractivity (Wildman–Crippen MR) is 178 cm³/mol. The van der Waals surface area contributed by atoms with Crippen molar-refractivity contribution >= 4 is 38.6 Å². The van der Waals surface area contributed by atoms with Gasteiger partial charge in [0.05, 0.1) is 22.4 Å². The van der Waals surface area contributed by atoms with Crippen molar-refractivity contribution in [2.45, 2.75) is 57.9 Å². The van der Waals surface area contributed by atoms with E-state index in [2.05, 4.69) is 165 Å². The molecule has 1 aliphatic heterocycles. The van der Waals surface area contributed by atoms with Gasteiger partial charge in [-0.25, -0.2) is 0 Å². The van der Waals surface area contributed by atoms with E-state index in [4.69, 9.17) is 0 Å². The highest BCUT2D eigenvalue weighted by molar-refractivity contribution is 6.05. The molecule has 208 valence electrons. The van der Waals surface area contributed by atoms with Crippen molar-refractivity contribution in [3.63, 3.8) is 0 Å². The van der Waals surface area contributed by atoms with Crippen LogP contribution in [-0.2, 0) is 11.0 Å². The molecular weight excluding hydrogens is 508 g/mol. The van der Waals surface area contributed by atoms with Gasteiger partial charge >= 0.3 is 0 Å². The Kier molecular flexibility index (Phi) is 6.39. The van der Waals surface area contributed by atoms with Gasteiger partial charge in [-0.15, -0.1) is 0 Å². The van der Waals surface area contributed by atoms with Crippen molar-refractivity contribution in [3.8, 4) is 11.3 Å². The molecule has 5 aromatic carbocycles. The summed E-state index contributed by atoms with van der Waals surface area (Å²) in [6.45, 7) is 9.59. The maximum absolute atomic E-state index is 2.60. The van der Waals surface area contributed by atoms with Crippen LogP contribution in [0.5, 0.6) is 0 Å². The van der Waals surface area contributed by atoms with Gasteiger partial charge in [0.15, 0.2) is 11.7 Å². The zero-order valence-corrected chi connectivity index (χ0v) is 25.1. The van der Waals surface area contributed by atoms with Gasteiger partial charge in [-0.1, -0.05) is 99.6 Å². The van der Waals surface area contributed by atoms with E-state index >= 15 is 0 Å². The van der Waals surface area contributed by atoms with Crippen molar-refractivity contribution in [3.05, 3.63) is 133 Å². The zero-order chi connectivity index (χ0) is 28.9. The first-order valence-electron chi connectivity index (χ1n) is 15.5. The number of hydrogen-bond acceptors (Lipinski definition) is 1. The van der Waals surface area contributed by atoms with Gasteiger partial charge < -0.3 is 4.90 Å². The molecule has 0 N–H and O–H groups in total. The van der Waals surface area contributed by atoms with E-state index in [-0.39, 0.29) is 11.0 Å². The molecule has 6 aromatic rings. The molecule has 2 nitrogen and oxygen atoms in total. The van der Waals surface area contributed by atoms with Crippen molar-refractivity contribution in [1.29, 1.82) is 0 Å². The molecular formula is C40H39N2+. The smallest absolute Gasteiger partial charge is 0.213 e. The topological polar surface area (TPSA) is 7.12 Å². The number of rotatable bonds is 6. The lowest BCUT2D eigenvalue weighted by atomic mass is 9.59. The van der Waals surface area contributed by atoms with Gasteiger partial charge in [0.2, 0.25) is 5.69 Å². The third-order valence-electron chi connectivity index (χ3n) is 10.4. The highest BCUT2D eigenvalue weighted by Gasteiger charge is 2.58. The maximum atomic E-state index is 2.60. The Morgan fingerprint density at radius 3 is 1.76 bits per heavy atom. The van der Waals surface area contributed by atoms with E-state index in [1.54, 1.807) is 0 Å². The van der Waals surface area contributed by atoms with Crippen LogP contribution in [0, 0.1) is 0 Å². The van der Waals surface area contributed by atoms with Crippen LogP contribution in [0.15, 0.2) is 128 Å². The standard InChI is InChI=1S/C40H39N2/c1-5-39(4)35-26-25-31(28-34(35)36-22-12-13-27-41(36)40(39,6-2)7-3)42(37-23-14-18-29-16-8-10-20-32(29)37)38-24-15-19-30-17-9-11-21-33(30)38/h8-28H,5-7H2,1-4H3/q+1. The molecule has 0 aliphatic carbocycles. The van der Waals surface area contributed by atoms with Crippen molar-refractivity contribution in [1.82, 2.24) is 0 Å². The summed E-state index contributed by atoms with van der Waals surface area (Å²) in [6.07, 6.45) is 5.58. The number of aromatic nitrogens is 1. The molecule has 1 aliphatic rings. The molecule has 2 heteroatoms. The van der Waals surface area contributed by atoms with Crippen LogP contribution < -0.4 is 9.47 Å². The summed E-state index contributed by atoms with van der Waals surface area (Å²) in [6, 6.07) is 44.8. The molecule has 0 saturated heterocycles. The fourth-order valence-corrected chi connectivity index (χ4v) is 8.02. The first-order valence-corrected chi connectivity index (χ1v) is 15.5. The molecule has 0 fully saturated rings. The molecule has 0 saturated carbocycles. The predicted octanol–water partition coefficient (Wildman–Crippen LogP) is 10.6. The molecule has 0 radical (unpaired) electrons. The van der Waals surface area contributed by atoms with Gasteiger partial charge in [-0.3, -0.25) is 0 Å². The second kappa shape index (κ2) is 10.1. The summed E-state index contributed by atoms with van der Waals surface area (Å²) in [4.78, 5) is 2.48. The van der Waals surface area contributed by atoms with Crippen molar-refractivity contribution in [2.75, 3.05) is 4.90 Å². The van der Waals surface area contributed by atoms with Crippen LogP contribution in [0.1, 0.15) is 52.5 Å². The monoisotopic (exact) mass is 547 g/mol. The number of nitrogens with zero attached hydrogens (tertiary/aromatic N) is 2. The molecule has 42 heavy (non-hydrogen) atoms. The number of hydrogen-bond donors (Lipinski definition) is 0. The van der Waals surface area contributed by atoms with Gasteiger partial charge in [0.25, 0.3) is 0 Å². The summed E-state index contributed by atoms with van der Waals surface area (Å²) < 4.78 is 2.60. The highest BCUT2D eigenvalue weighted by atomic mass is 15.1. The number of benzene rings is 5. The fourth-order valence-electron chi connectivity index (χ4n) is 8.02. The summed E-state index contributed by atoms with van der Waals surface area (Å²) in [5.74, 6) is 0. The van der Waals surface area contributed by atoms with Crippen LogP contribution in [0.25, 0.3) is 32.8 Å². The summed E-state index contributed by atoms with van der Waals surface area (Å²) in [5, 5.41) is 4.98. The minimum absolute atomic E-state index is 0.00704. The molecule has 1 unspecified atom stereocenters. The quantitative estimate of drug-likeness (QED) is 0.188. The number of fused-ring (bicyclic) bond motifs is 5. The summed E-state index contributed by atoms with van der Waals surface area (Å²) >= 11 is 0. The average Bonchev–Trinajstić information content (AvgIpc) is 3.05. The van der Waals surface area contributed by atoms with Crippen LogP contribution >= 0.6 is 0 Å². The molecule has 0 spiro atoms. The van der Waals surface area contributed by atoms with E-state index in [1.165, 1.54) is 55.4 Å².